The molecular weight excluding hydrogens is 438 g/mol. The Hall–Kier alpha value is -3.30. The zero-order valence-electron chi connectivity index (χ0n) is 21.5. The van der Waals surface area contributed by atoms with Crippen LogP contribution in [0.5, 0.6) is 5.75 Å². The number of carbonyl (C=O) groups is 1. The molecule has 1 heterocycles. The third-order valence-corrected chi connectivity index (χ3v) is 5.71. The molecule has 6 heteroatoms. The number of methoxy groups -OCH3 is 1. The maximum atomic E-state index is 11.0. The van der Waals surface area contributed by atoms with Gasteiger partial charge < -0.3 is 24.6 Å². The third kappa shape index (κ3) is 8.15. The summed E-state index contributed by atoms with van der Waals surface area (Å²) < 4.78 is 12.5. The van der Waals surface area contributed by atoms with E-state index >= 15 is 0 Å². The zero-order chi connectivity index (χ0) is 25.6. The highest BCUT2D eigenvalue weighted by Crippen LogP contribution is 2.30. The highest BCUT2D eigenvalue weighted by Gasteiger charge is 2.17. The van der Waals surface area contributed by atoms with Crippen molar-refractivity contribution in [3.05, 3.63) is 42.5 Å². The molecule has 2 atom stereocenters. The van der Waals surface area contributed by atoms with Crippen LogP contribution in [0.2, 0.25) is 0 Å². The molecule has 4 rings (SSSR count). The first-order valence-corrected chi connectivity index (χ1v) is 12.4. The van der Waals surface area contributed by atoms with Gasteiger partial charge in [-0.2, -0.15) is 0 Å². The molecular formula is C29H39N3O3. The number of carbonyl (C=O) groups excluding carboxylic acids is 1. The van der Waals surface area contributed by atoms with Crippen LogP contribution in [-0.2, 0) is 16.1 Å². The number of fused-ring (bicyclic) bond motifs is 1. The quantitative estimate of drug-likeness (QED) is 0.263. The topological polar surface area (TPSA) is 79.4 Å². The number of imidazole rings is 1. The monoisotopic (exact) mass is 477 g/mol. The Morgan fingerprint density at radius 2 is 1.97 bits per heavy atom. The van der Waals surface area contributed by atoms with Crippen LogP contribution < -0.4 is 10.5 Å². The minimum absolute atomic E-state index is 0.160. The highest BCUT2D eigenvalue weighted by atomic mass is 16.5. The molecule has 0 bridgehead atoms. The first-order valence-electron chi connectivity index (χ1n) is 12.4. The Labute approximate surface area is 209 Å². The molecule has 6 nitrogen and oxygen atoms in total. The van der Waals surface area contributed by atoms with Gasteiger partial charge in [0.2, 0.25) is 0 Å². The zero-order valence-corrected chi connectivity index (χ0v) is 21.5. The van der Waals surface area contributed by atoms with E-state index < -0.39 is 0 Å². The molecule has 2 aromatic carbocycles. The molecule has 1 fully saturated rings. The van der Waals surface area contributed by atoms with Gasteiger partial charge in [-0.15, -0.1) is 6.42 Å². The van der Waals surface area contributed by atoms with Crippen LogP contribution in [-0.4, -0.2) is 35.7 Å². The molecule has 2 N–H and O–H groups in total. The number of rotatable bonds is 6. The minimum atomic E-state index is 0.160. The van der Waals surface area contributed by atoms with Crippen LogP contribution in [0.1, 0.15) is 52.9 Å². The number of terminal acetylenes is 1. The number of nitrogens with zero attached hydrogens (tertiary/aromatic N) is 2. The first-order chi connectivity index (χ1) is 17.0. The van der Waals surface area contributed by atoms with Crippen LogP contribution >= 0.6 is 0 Å². The predicted molar refractivity (Wildman–Crippen MR) is 144 cm³/mol. The van der Waals surface area contributed by atoms with Crippen LogP contribution in [0, 0.1) is 18.3 Å². The van der Waals surface area contributed by atoms with Crippen LogP contribution in [0.15, 0.2) is 42.5 Å². The van der Waals surface area contributed by atoms with Gasteiger partial charge in [-0.1, -0.05) is 58.1 Å². The van der Waals surface area contributed by atoms with Crippen molar-refractivity contribution in [3.63, 3.8) is 0 Å². The Balaban J connectivity index is 0.000000299. The second-order valence-electron chi connectivity index (χ2n) is 8.78. The van der Waals surface area contributed by atoms with Crippen molar-refractivity contribution in [1.29, 1.82) is 0 Å². The lowest BCUT2D eigenvalue weighted by molar-refractivity contribution is -0.108. The van der Waals surface area contributed by atoms with E-state index in [1.165, 1.54) is 32.1 Å². The number of hydrogen-bond donors (Lipinski definition) is 1. The van der Waals surface area contributed by atoms with Crippen molar-refractivity contribution in [2.24, 2.45) is 5.92 Å². The number of benzene rings is 2. The van der Waals surface area contributed by atoms with Crippen LogP contribution in [0.3, 0.4) is 0 Å². The second-order valence-corrected chi connectivity index (χ2v) is 8.78. The molecule has 1 aromatic heterocycles. The highest BCUT2D eigenvalue weighted by molar-refractivity contribution is 5.82. The molecule has 0 spiro atoms. The number of nitrogens with two attached hydrogens (primary N) is 1. The Kier molecular flexibility index (Phi) is 11.9. The summed E-state index contributed by atoms with van der Waals surface area (Å²) in [5.74, 6) is 4.51. The molecule has 0 aliphatic heterocycles. The number of anilines is 1. The van der Waals surface area contributed by atoms with Crippen molar-refractivity contribution in [3.8, 4) is 29.5 Å². The largest absolute Gasteiger partial charge is 0.479 e. The summed E-state index contributed by atoms with van der Waals surface area (Å²) in [6, 6.07) is 13.1. The van der Waals surface area contributed by atoms with E-state index in [0.29, 0.717) is 23.4 Å². The Morgan fingerprint density at radius 3 is 2.57 bits per heavy atom. The fourth-order valence-electron chi connectivity index (χ4n) is 4.09. The molecule has 1 aliphatic rings. The Morgan fingerprint density at radius 1 is 1.23 bits per heavy atom. The summed E-state index contributed by atoms with van der Waals surface area (Å²) in [6.07, 6.45) is 13.2. The molecule has 0 radical (unpaired) electrons. The fraction of sp³-hybridized carbons (Fsp3) is 0.448. The van der Waals surface area contributed by atoms with Gasteiger partial charge >= 0.3 is 0 Å². The number of hydrogen-bond acceptors (Lipinski definition) is 5. The van der Waals surface area contributed by atoms with Crippen LogP contribution in [0.25, 0.3) is 22.4 Å². The summed E-state index contributed by atoms with van der Waals surface area (Å²) in [5, 5.41) is 0. The smallest absolute Gasteiger partial charge is 0.148 e. The summed E-state index contributed by atoms with van der Waals surface area (Å²) in [4.78, 5) is 15.6. The van der Waals surface area contributed by atoms with Gasteiger partial charge in [-0.25, -0.2) is 4.98 Å². The second kappa shape index (κ2) is 14.9. The maximum absolute atomic E-state index is 11.0. The number of ether oxygens (including phenoxy) is 2. The van der Waals surface area contributed by atoms with Crippen LogP contribution in [0.4, 0.5) is 5.69 Å². The SMILES string of the molecule is C#CCOc1ccc(-c2nc3ccccc3n2CC=O)cc1N.CCC.COC1CCCC(C)C1. The van der Waals surface area contributed by atoms with E-state index in [-0.39, 0.29) is 13.2 Å². The van der Waals surface area contributed by atoms with Crippen molar-refractivity contribution < 1.29 is 14.3 Å². The van der Waals surface area contributed by atoms with E-state index in [1.54, 1.807) is 12.1 Å². The van der Waals surface area contributed by atoms with Gasteiger partial charge in [0.25, 0.3) is 0 Å². The molecule has 35 heavy (non-hydrogen) atoms. The van der Waals surface area contributed by atoms with E-state index in [1.807, 2.05) is 42.0 Å². The number of aldehydes is 1. The van der Waals surface area contributed by atoms with E-state index in [4.69, 9.17) is 21.6 Å². The van der Waals surface area contributed by atoms with Gasteiger partial charge in [0, 0.05) is 12.7 Å². The summed E-state index contributed by atoms with van der Waals surface area (Å²) in [7, 11) is 1.82. The number of nitrogen functional groups attached to an aromatic ring is 1. The average molecular weight is 478 g/mol. The van der Waals surface area contributed by atoms with E-state index in [2.05, 4.69) is 31.7 Å². The Bertz CT molecular complexity index is 1100. The molecule has 0 amide bonds. The molecule has 188 valence electrons. The minimum Gasteiger partial charge on any atom is -0.479 e. The maximum Gasteiger partial charge on any atom is 0.148 e. The van der Waals surface area contributed by atoms with Crippen molar-refractivity contribution in [1.82, 2.24) is 9.55 Å². The lowest BCUT2D eigenvalue weighted by Gasteiger charge is -2.25. The van der Waals surface area contributed by atoms with E-state index in [0.717, 1.165) is 28.8 Å². The van der Waals surface area contributed by atoms with E-state index in [9.17, 15) is 4.79 Å². The lowest BCUT2D eigenvalue weighted by atomic mass is 9.89. The molecule has 1 saturated carbocycles. The molecule has 1 aliphatic carbocycles. The van der Waals surface area contributed by atoms with Crippen molar-refractivity contribution >= 4 is 23.0 Å². The van der Waals surface area contributed by atoms with Gasteiger partial charge in [-0.05, 0) is 49.1 Å². The molecule has 0 saturated heterocycles. The van der Waals surface area contributed by atoms with Gasteiger partial charge in [-0.3, -0.25) is 0 Å². The number of para-hydroxylation sites is 2. The molecule has 2 unspecified atom stereocenters. The van der Waals surface area contributed by atoms with Gasteiger partial charge in [0.05, 0.1) is 29.4 Å². The molecule has 3 aromatic rings. The predicted octanol–water partition coefficient (Wildman–Crippen LogP) is 6.12. The summed E-state index contributed by atoms with van der Waals surface area (Å²) in [6.45, 7) is 6.95. The van der Waals surface area contributed by atoms with Gasteiger partial charge in [0.1, 0.15) is 24.5 Å². The third-order valence-electron chi connectivity index (χ3n) is 5.71. The average Bonchev–Trinajstić information content (AvgIpc) is 3.23. The standard InChI is InChI=1S/C18H15N3O2.C8H16O.C3H8/c1-2-11-23-17-8-7-13(12-14(17)19)18-20-15-5-3-4-6-16(15)21(18)9-10-22;1-7-4-3-5-8(6-7)9-2;1-3-2/h1,3-8,10,12H,9,11,19H2;7-8H,3-6H2,1-2H3;3H2,1-2H3. The van der Waals surface area contributed by atoms with Crippen molar-refractivity contribution in [2.45, 2.75) is 65.5 Å². The number of aromatic nitrogens is 2. The fourth-order valence-corrected chi connectivity index (χ4v) is 4.09. The summed E-state index contributed by atoms with van der Waals surface area (Å²) in [5.41, 5.74) is 9.04. The van der Waals surface area contributed by atoms with Crippen molar-refractivity contribution in [2.75, 3.05) is 19.5 Å². The normalized spacial score (nSPS) is 16.8. The van der Waals surface area contributed by atoms with Gasteiger partial charge in [0.15, 0.2) is 0 Å². The first kappa shape index (κ1) is 27.9. The summed E-state index contributed by atoms with van der Waals surface area (Å²) >= 11 is 0. The lowest BCUT2D eigenvalue weighted by Crippen LogP contribution is -2.19.